The minimum Gasteiger partial charge on any atom is -0.345 e. The molecule has 2 saturated heterocycles. The number of aryl methyl sites for hydroxylation is 1. The first-order valence-corrected chi connectivity index (χ1v) is 10.4. The van der Waals surface area contributed by atoms with Gasteiger partial charge in [0, 0.05) is 45.5 Å². The number of halogens is 1. The smallest absolute Gasteiger partial charge is 0.270 e. The van der Waals surface area contributed by atoms with Gasteiger partial charge >= 0.3 is 0 Å². The van der Waals surface area contributed by atoms with E-state index in [4.69, 9.17) is 5.73 Å². The summed E-state index contributed by atoms with van der Waals surface area (Å²) in [7, 11) is -1.84. The minimum atomic E-state index is -3.55. The Morgan fingerprint density at radius 3 is 2.54 bits per heavy atom. The second-order valence-corrected chi connectivity index (χ2v) is 9.37. The summed E-state index contributed by atoms with van der Waals surface area (Å²) in [6, 6.07) is 1.51. The van der Waals surface area contributed by atoms with Crippen molar-refractivity contribution in [2.24, 2.45) is 18.7 Å². The number of rotatable bonds is 3. The molecule has 148 valence electrons. The zero-order chi connectivity index (χ0) is 18.2. The Balaban J connectivity index is 0.00000243. The van der Waals surface area contributed by atoms with Crippen LogP contribution in [0.5, 0.6) is 0 Å². The standard InChI is InChI=1S/C17H28N4O3S.ClH/c1-13-5-3-8-21(10-13)25(23,24)15-9-16(19(2)12-15)17(22)20-7-4-6-14(18)11-20;/h9,12-14H,3-8,10-11,18H2,1-2H3;1H. The Morgan fingerprint density at radius 1 is 1.19 bits per heavy atom. The summed E-state index contributed by atoms with van der Waals surface area (Å²) in [5.41, 5.74) is 6.36. The van der Waals surface area contributed by atoms with Crippen molar-refractivity contribution in [1.29, 1.82) is 0 Å². The van der Waals surface area contributed by atoms with Crippen LogP contribution in [0, 0.1) is 5.92 Å². The van der Waals surface area contributed by atoms with E-state index in [0.29, 0.717) is 37.8 Å². The van der Waals surface area contributed by atoms with Gasteiger partial charge in [-0.15, -0.1) is 12.4 Å². The summed E-state index contributed by atoms with van der Waals surface area (Å²) in [6.07, 6.45) is 5.29. The average molecular weight is 405 g/mol. The lowest BCUT2D eigenvalue weighted by atomic mass is 10.0. The summed E-state index contributed by atoms with van der Waals surface area (Å²) in [4.78, 5) is 14.7. The van der Waals surface area contributed by atoms with Crippen molar-refractivity contribution in [3.63, 3.8) is 0 Å². The number of carbonyl (C=O) groups excluding carboxylic acids is 1. The lowest BCUT2D eigenvalue weighted by molar-refractivity contribution is 0.0699. The number of sulfonamides is 1. The van der Waals surface area contributed by atoms with Crippen LogP contribution in [0.1, 0.15) is 43.1 Å². The number of piperidine rings is 2. The molecule has 2 aliphatic heterocycles. The molecule has 2 aliphatic rings. The van der Waals surface area contributed by atoms with Crippen molar-refractivity contribution >= 4 is 28.3 Å². The van der Waals surface area contributed by atoms with Crippen molar-refractivity contribution in [2.75, 3.05) is 26.2 Å². The molecule has 2 atom stereocenters. The van der Waals surface area contributed by atoms with Crippen LogP contribution in [0.2, 0.25) is 0 Å². The molecule has 3 heterocycles. The Hall–Kier alpha value is -1.09. The van der Waals surface area contributed by atoms with Crippen LogP contribution in [0.3, 0.4) is 0 Å². The third-order valence-electron chi connectivity index (χ3n) is 5.20. The van der Waals surface area contributed by atoms with E-state index in [9.17, 15) is 13.2 Å². The first-order chi connectivity index (χ1) is 11.8. The fraction of sp³-hybridized carbons (Fsp3) is 0.706. The lowest BCUT2D eigenvalue weighted by Crippen LogP contribution is -2.46. The van der Waals surface area contributed by atoms with E-state index in [1.165, 1.54) is 6.07 Å². The molecule has 7 nitrogen and oxygen atoms in total. The fourth-order valence-corrected chi connectivity index (χ4v) is 5.43. The van der Waals surface area contributed by atoms with Gasteiger partial charge in [0.25, 0.3) is 5.91 Å². The quantitative estimate of drug-likeness (QED) is 0.825. The zero-order valence-electron chi connectivity index (χ0n) is 15.4. The van der Waals surface area contributed by atoms with Crippen molar-refractivity contribution in [3.05, 3.63) is 18.0 Å². The van der Waals surface area contributed by atoms with Gasteiger partial charge in [0.2, 0.25) is 10.0 Å². The lowest BCUT2D eigenvalue weighted by Gasteiger charge is -2.30. The molecule has 9 heteroatoms. The molecular weight excluding hydrogens is 376 g/mol. The highest BCUT2D eigenvalue weighted by Gasteiger charge is 2.31. The highest BCUT2D eigenvalue weighted by molar-refractivity contribution is 7.89. The van der Waals surface area contributed by atoms with Gasteiger partial charge in [0.15, 0.2) is 0 Å². The molecule has 1 aromatic rings. The Morgan fingerprint density at radius 2 is 1.88 bits per heavy atom. The topological polar surface area (TPSA) is 88.6 Å². The van der Waals surface area contributed by atoms with Crippen LogP contribution in [-0.4, -0.2) is 60.3 Å². The number of nitrogens with two attached hydrogens (primary N) is 1. The third kappa shape index (κ3) is 4.24. The summed E-state index contributed by atoms with van der Waals surface area (Å²) >= 11 is 0. The normalized spacial score (nSPS) is 25.0. The molecule has 2 unspecified atom stereocenters. The van der Waals surface area contributed by atoms with Gasteiger partial charge in [-0.2, -0.15) is 4.31 Å². The van der Waals surface area contributed by atoms with Crippen LogP contribution < -0.4 is 5.73 Å². The van der Waals surface area contributed by atoms with Crippen molar-refractivity contribution in [3.8, 4) is 0 Å². The van der Waals surface area contributed by atoms with Crippen molar-refractivity contribution in [1.82, 2.24) is 13.8 Å². The van der Waals surface area contributed by atoms with Gasteiger partial charge in [-0.25, -0.2) is 8.42 Å². The van der Waals surface area contributed by atoms with Crippen LogP contribution in [0.15, 0.2) is 17.2 Å². The monoisotopic (exact) mass is 404 g/mol. The molecule has 1 amide bonds. The molecule has 0 aliphatic carbocycles. The van der Waals surface area contributed by atoms with E-state index >= 15 is 0 Å². The van der Waals surface area contributed by atoms with E-state index in [2.05, 4.69) is 6.92 Å². The summed E-state index contributed by atoms with van der Waals surface area (Å²) in [5, 5.41) is 0. The molecule has 0 radical (unpaired) electrons. The Kier molecular flexibility index (Phi) is 6.76. The van der Waals surface area contributed by atoms with E-state index in [0.717, 1.165) is 25.7 Å². The summed E-state index contributed by atoms with van der Waals surface area (Å²) in [5.74, 6) is 0.217. The second kappa shape index (κ2) is 8.29. The third-order valence-corrected chi connectivity index (χ3v) is 7.03. The Labute approximate surface area is 162 Å². The highest BCUT2D eigenvalue weighted by Crippen LogP contribution is 2.25. The Bertz CT molecular complexity index is 749. The summed E-state index contributed by atoms with van der Waals surface area (Å²) < 4.78 is 29.0. The molecule has 0 aromatic carbocycles. The highest BCUT2D eigenvalue weighted by atomic mass is 35.5. The number of hydrogen-bond acceptors (Lipinski definition) is 4. The van der Waals surface area contributed by atoms with Gasteiger partial charge in [0.1, 0.15) is 10.6 Å². The van der Waals surface area contributed by atoms with Crippen molar-refractivity contribution < 1.29 is 13.2 Å². The minimum absolute atomic E-state index is 0. The predicted octanol–water partition coefficient (Wildman–Crippen LogP) is 1.43. The molecule has 1 aromatic heterocycles. The molecule has 0 saturated carbocycles. The number of likely N-dealkylation sites (tertiary alicyclic amines) is 1. The molecule has 2 N–H and O–H groups in total. The van der Waals surface area contributed by atoms with Crippen molar-refractivity contribution in [2.45, 2.75) is 43.5 Å². The van der Waals surface area contributed by atoms with Gasteiger partial charge < -0.3 is 15.2 Å². The second-order valence-electron chi connectivity index (χ2n) is 7.44. The van der Waals surface area contributed by atoms with Crippen LogP contribution >= 0.6 is 12.4 Å². The zero-order valence-corrected chi connectivity index (χ0v) is 17.1. The van der Waals surface area contributed by atoms with Gasteiger partial charge in [-0.05, 0) is 37.7 Å². The SMILES string of the molecule is CC1CCCN(S(=O)(=O)c2cc(C(=O)N3CCCC(N)C3)n(C)c2)C1.Cl. The van der Waals surface area contributed by atoms with E-state index in [1.54, 1.807) is 27.0 Å². The van der Waals surface area contributed by atoms with E-state index in [-0.39, 0.29) is 29.3 Å². The largest absolute Gasteiger partial charge is 0.345 e. The van der Waals surface area contributed by atoms with Gasteiger partial charge in [-0.1, -0.05) is 6.92 Å². The number of amides is 1. The van der Waals surface area contributed by atoms with Gasteiger partial charge in [-0.3, -0.25) is 4.79 Å². The van der Waals surface area contributed by atoms with Crippen LogP contribution in [-0.2, 0) is 17.1 Å². The maximum Gasteiger partial charge on any atom is 0.270 e. The predicted molar refractivity (Wildman–Crippen MR) is 103 cm³/mol. The number of carbonyl (C=O) groups is 1. The first kappa shape index (κ1) is 21.2. The first-order valence-electron chi connectivity index (χ1n) is 9.00. The maximum atomic E-state index is 12.9. The average Bonchev–Trinajstić information content (AvgIpc) is 2.97. The number of nitrogens with zero attached hydrogens (tertiary/aromatic N) is 3. The molecule has 26 heavy (non-hydrogen) atoms. The maximum absolute atomic E-state index is 12.9. The number of aromatic nitrogens is 1. The van der Waals surface area contributed by atoms with E-state index < -0.39 is 10.0 Å². The summed E-state index contributed by atoms with van der Waals surface area (Å²) in [6.45, 7) is 4.35. The molecule has 2 fully saturated rings. The number of hydrogen-bond donors (Lipinski definition) is 1. The fourth-order valence-electron chi connectivity index (χ4n) is 3.76. The molecule has 0 spiro atoms. The van der Waals surface area contributed by atoms with E-state index in [1.807, 2.05) is 0 Å². The molecule has 3 rings (SSSR count). The van der Waals surface area contributed by atoms with Crippen LogP contribution in [0.25, 0.3) is 0 Å². The molecule has 0 bridgehead atoms. The molecular formula is C17H29ClN4O3S. The van der Waals surface area contributed by atoms with Gasteiger partial charge in [0.05, 0.1) is 0 Å². The van der Waals surface area contributed by atoms with Crippen LogP contribution in [0.4, 0.5) is 0 Å².